The van der Waals surface area contributed by atoms with E-state index in [0.717, 1.165) is 63.0 Å². The normalized spacial score (nSPS) is 16.1. The Labute approximate surface area is 284 Å². The van der Waals surface area contributed by atoms with E-state index in [4.69, 9.17) is 14.2 Å². The number of amides is 1. The highest BCUT2D eigenvalue weighted by Gasteiger charge is 2.37. The van der Waals surface area contributed by atoms with E-state index in [1.165, 1.54) is 51.2 Å². The fourth-order valence-electron chi connectivity index (χ4n) is 7.87. The van der Waals surface area contributed by atoms with Crippen molar-refractivity contribution in [2.45, 2.75) is 51.4 Å². The third-order valence-electron chi connectivity index (χ3n) is 10.5. The van der Waals surface area contributed by atoms with E-state index in [9.17, 15) is 9.59 Å². The Bertz CT molecular complexity index is 1850. The first-order chi connectivity index (χ1) is 23.2. The molecule has 0 saturated carbocycles. The van der Waals surface area contributed by atoms with Crippen molar-refractivity contribution in [3.8, 4) is 0 Å². The maximum Gasteiger partial charge on any atom is 0.307 e. The highest BCUT2D eigenvalue weighted by atomic mass is 16.5. The number of fused-ring (bicyclic) bond motifs is 4. The van der Waals surface area contributed by atoms with Crippen LogP contribution in [0.4, 0.5) is 5.69 Å². The Kier molecular flexibility index (Phi) is 10.0. The van der Waals surface area contributed by atoms with Gasteiger partial charge < -0.3 is 24.0 Å². The number of benzene rings is 3. The average Bonchev–Trinajstić information content (AvgIpc) is 3.10. The molecule has 0 aromatic heterocycles. The number of methoxy groups -OCH3 is 3. The molecule has 3 aromatic carbocycles. The van der Waals surface area contributed by atoms with Crippen LogP contribution in [0.5, 0.6) is 0 Å². The van der Waals surface area contributed by atoms with E-state index in [-0.39, 0.29) is 30.3 Å². The summed E-state index contributed by atoms with van der Waals surface area (Å²) in [4.78, 5) is 30.2. The van der Waals surface area contributed by atoms with E-state index >= 15 is 0 Å². The molecule has 0 fully saturated rings. The SMILES string of the molecule is COCCN1CCCc2cc3c(cc21)C(C)(C)c1cc2c(cc1=C3c1ccccc1C(=O)N(C)CCC(=O)OC)CCC[N+]=2CCOC. The summed E-state index contributed by atoms with van der Waals surface area (Å²) < 4.78 is 18.3. The van der Waals surface area contributed by atoms with Gasteiger partial charge in [-0.3, -0.25) is 9.59 Å². The first-order valence-electron chi connectivity index (χ1n) is 17.3. The van der Waals surface area contributed by atoms with Gasteiger partial charge in [0.2, 0.25) is 5.36 Å². The van der Waals surface area contributed by atoms with Gasteiger partial charge in [0, 0.05) is 75.6 Å². The molecule has 8 heteroatoms. The molecule has 48 heavy (non-hydrogen) atoms. The lowest BCUT2D eigenvalue weighted by molar-refractivity contribution is -0.140. The standard InChI is InChI=1S/C40H50N3O5/c1-40(2)33-25-35-27(11-9-16-42(35)19-21-46-4)23-31(33)38(29-13-7-8-14-30(29)39(45)41(3)18-15-37(44)48-6)32-24-28-12-10-17-43(20-22-47-5)36(28)26-34(32)40/h7-8,13-14,23-26H,9-12,15-22H2,1-6H3/q+1. The third-order valence-corrected chi connectivity index (χ3v) is 10.5. The molecule has 2 aliphatic heterocycles. The zero-order valence-electron chi connectivity index (χ0n) is 29.5. The van der Waals surface area contributed by atoms with Crippen molar-refractivity contribution >= 4 is 23.1 Å². The molecule has 6 rings (SSSR count). The fourth-order valence-corrected chi connectivity index (χ4v) is 7.87. The number of carbonyl (C=O) groups excluding carboxylic acids is 2. The number of carbonyl (C=O) groups is 2. The number of rotatable bonds is 11. The van der Waals surface area contributed by atoms with Gasteiger partial charge in [-0.2, -0.15) is 0 Å². The second-order valence-electron chi connectivity index (χ2n) is 13.8. The molecule has 0 atom stereocenters. The quantitative estimate of drug-likeness (QED) is 0.233. The zero-order valence-corrected chi connectivity index (χ0v) is 29.5. The molecule has 8 nitrogen and oxygen atoms in total. The zero-order chi connectivity index (χ0) is 34.0. The average molecular weight is 653 g/mol. The van der Waals surface area contributed by atoms with Crippen molar-refractivity contribution < 1.29 is 23.8 Å². The molecule has 3 aromatic rings. The molecule has 0 unspecified atom stereocenters. The van der Waals surface area contributed by atoms with Gasteiger partial charge in [0.1, 0.15) is 13.2 Å². The van der Waals surface area contributed by atoms with Crippen LogP contribution in [-0.2, 0) is 37.3 Å². The summed E-state index contributed by atoms with van der Waals surface area (Å²) >= 11 is 0. The summed E-state index contributed by atoms with van der Waals surface area (Å²) in [7, 11) is 6.66. The molecular weight excluding hydrogens is 602 g/mol. The van der Waals surface area contributed by atoms with Crippen LogP contribution in [0.1, 0.15) is 76.8 Å². The second kappa shape index (κ2) is 14.2. The molecular formula is C40H50N3O5+. The Hall–Kier alpha value is -4.01. The lowest BCUT2D eigenvalue weighted by Gasteiger charge is -2.39. The number of ether oxygens (including phenoxy) is 3. The summed E-state index contributed by atoms with van der Waals surface area (Å²) in [6.45, 7) is 10.1. The molecule has 254 valence electrons. The van der Waals surface area contributed by atoms with Crippen molar-refractivity contribution in [2.24, 2.45) is 0 Å². The van der Waals surface area contributed by atoms with Crippen molar-refractivity contribution in [2.75, 3.05) is 79.2 Å². The molecule has 2 heterocycles. The minimum atomic E-state index is -0.330. The van der Waals surface area contributed by atoms with Crippen molar-refractivity contribution in [3.63, 3.8) is 0 Å². The van der Waals surface area contributed by atoms with Gasteiger partial charge in [0.15, 0.2) is 6.54 Å². The molecule has 0 saturated heterocycles. The summed E-state index contributed by atoms with van der Waals surface area (Å²) in [6, 6.07) is 17.7. The topological polar surface area (TPSA) is 71.3 Å². The molecule has 1 aliphatic carbocycles. The minimum Gasteiger partial charge on any atom is -0.469 e. The Balaban J connectivity index is 1.63. The number of hydrogen-bond acceptors (Lipinski definition) is 6. The summed E-state index contributed by atoms with van der Waals surface area (Å²) in [6.07, 6.45) is 4.37. The monoisotopic (exact) mass is 652 g/mol. The number of anilines is 1. The Morgan fingerprint density at radius 1 is 0.917 bits per heavy atom. The molecule has 0 spiro atoms. The Morgan fingerprint density at radius 2 is 1.69 bits per heavy atom. The van der Waals surface area contributed by atoms with Gasteiger partial charge in [0.05, 0.1) is 20.1 Å². The van der Waals surface area contributed by atoms with E-state index < -0.39 is 0 Å². The molecule has 1 amide bonds. The Morgan fingerprint density at radius 3 is 2.46 bits per heavy atom. The van der Waals surface area contributed by atoms with Gasteiger partial charge >= 0.3 is 5.97 Å². The first-order valence-corrected chi connectivity index (χ1v) is 17.3. The van der Waals surface area contributed by atoms with Crippen LogP contribution in [-0.4, -0.2) is 91.1 Å². The van der Waals surface area contributed by atoms with Crippen LogP contribution in [0, 0.1) is 0 Å². The maximum atomic E-state index is 14.1. The third kappa shape index (κ3) is 6.28. The van der Waals surface area contributed by atoms with Crippen LogP contribution in [0.25, 0.3) is 5.57 Å². The lowest BCUT2D eigenvalue weighted by atomic mass is 9.67. The van der Waals surface area contributed by atoms with Crippen molar-refractivity contribution in [1.29, 1.82) is 0 Å². The van der Waals surface area contributed by atoms with Crippen LogP contribution in [0.3, 0.4) is 0 Å². The van der Waals surface area contributed by atoms with E-state index in [2.05, 4.69) is 53.7 Å². The van der Waals surface area contributed by atoms with Crippen LogP contribution in [0.2, 0.25) is 0 Å². The molecule has 0 N–H and O–H groups in total. The van der Waals surface area contributed by atoms with E-state index in [1.807, 2.05) is 18.2 Å². The summed E-state index contributed by atoms with van der Waals surface area (Å²) in [5.41, 5.74) is 10.1. The number of esters is 1. The molecule has 0 bridgehead atoms. The van der Waals surface area contributed by atoms with Gasteiger partial charge in [-0.1, -0.05) is 32.0 Å². The highest BCUT2D eigenvalue weighted by Crippen LogP contribution is 2.44. The van der Waals surface area contributed by atoms with Gasteiger partial charge in [-0.05, 0) is 82.1 Å². The predicted octanol–water partition coefficient (Wildman–Crippen LogP) is 3.69. The number of nitrogens with zero attached hydrogens (tertiary/aromatic N) is 3. The lowest BCUT2D eigenvalue weighted by Crippen LogP contribution is -2.44. The van der Waals surface area contributed by atoms with Crippen LogP contribution in [0.15, 0.2) is 48.5 Å². The van der Waals surface area contributed by atoms with Crippen LogP contribution >= 0.6 is 0 Å². The van der Waals surface area contributed by atoms with E-state index in [1.54, 1.807) is 26.2 Å². The van der Waals surface area contributed by atoms with Crippen LogP contribution < -0.4 is 20.1 Å². The molecule has 0 radical (unpaired) electrons. The van der Waals surface area contributed by atoms with Gasteiger partial charge in [-0.25, -0.2) is 4.58 Å². The summed E-state index contributed by atoms with van der Waals surface area (Å²) in [5, 5.41) is 2.49. The van der Waals surface area contributed by atoms with Gasteiger partial charge in [-0.15, -0.1) is 0 Å². The smallest absolute Gasteiger partial charge is 0.307 e. The highest BCUT2D eigenvalue weighted by molar-refractivity contribution is 6.02. The number of aryl methyl sites for hydroxylation is 2. The number of hydrogen-bond donors (Lipinski definition) is 0. The van der Waals surface area contributed by atoms with E-state index in [0.29, 0.717) is 18.8 Å². The second-order valence-corrected chi connectivity index (χ2v) is 13.8. The maximum absolute atomic E-state index is 14.1. The fraction of sp³-hybridized carbons (Fsp3) is 0.475. The van der Waals surface area contributed by atoms with Crippen molar-refractivity contribution in [3.05, 3.63) is 98.1 Å². The largest absolute Gasteiger partial charge is 0.469 e. The van der Waals surface area contributed by atoms with Gasteiger partial charge in [0.25, 0.3) is 5.91 Å². The molecule has 3 aliphatic rings. The summed E-state index contributed by atoms with van der Waals surface area (Å²) in [5.74, 6) is -0.439. The minimum absolute atomic E-state index is 0.109. The van der Waals surface area contributed by atoms with Crippen molar-refractivity contribution in [1.82, 2.24) is 9.48 Å². The predicted molar refractivity (Wildman–Crippen MR) is 189 cm³/mol. The first kappa shape index (κ1) is 33.9.